The summed E-state index contributed by atoms with van der Waals surface area (Å²) < 4.78 is 5.26. The maximum Gasteiger partial charge on any atom is 0.251 e. The fraction of sp³-hybridized carbons (Fsp3) is 0.357. The number of rotatable bonds is 5. The summed E-state index contributed by atoms with van der Waals surface area (Å²) in [6, 6.07) is 3.54. The number of nitrogens with zero attached hydrogens (tertiary/aromatic N) is 3. The number of anilines is 2. The number of hydrogen-bond donors (Lipinski definition) is 2. The van der Waals surface area contributed by atoms with Gasteiger partial charge in [0.2, 0.25) is 0 Å². The van der Waals surface area contributed by atoms with E-state index in [4.69, 9.17) is 10.2 Å². The van der Waals surface area contributed by atoms with Crippen molar-refractivity contribution in [3.05, 3.63) is 36.0 Å². The Kier molecular flexibility index (Phi) is 3.72. The van der Waals surface area contributed by atoms with Gasteiger partial charge in [-0.2, -0.15) is 0 Å². The van der Waals surface area contributed by atoms with Gasteiger partial charge in [-0.3, -0.25) is 4.79 Å². The van der Waals surface area contributed by atoms with Crippen LogP contribution in [0, 0.1) is 0 Å². The molecule has 1 amide bonds. The third kappa shape index (κ3) is 3.13. The van der Waals surface area contributed by atoms with Crippen molar-refractivity contribution in [1.82, 2.24) is 9.97 Å². The van der Waals surface area contributed by atoms with Crippen LogP contribution >= 0.6 is 0 Å². The minimum absolute atomic E-state index is 0.368. The first-order chi connectivity index (χ1) is 10.2. The summed E-state index contributed by atoms with van der Waals surface area (Å²) in [7, 11) is 0. The normalized spacial score (nSPS) is 14.4. The van der Waals surface area contributed by atoms with Gasteiger partial charge < -0.3 is 20.4 Å². The van der Waals surface area contributed by atoms with Crippen LogP contribution in [-0.4, -0.2) is 29.0 Å². The molecule has 3 heterocycles. The standard InChI is InChI=1S/C14H17N5O2/c15-14(20)10-5-11(21-8-10)7-16-12-6-13(18-9-17-12)19-3-1-2-4-19/h5-6,8-9H,1-4,7H2,(H2,15,20)(H,16,17,18). The molecule has 0 unspecified atom stereocenters. The molecule has 2 aromatic rings. The number of amides is 1. The molecule has 1 aliphatic heterocycles. The highest BCUT2D eigenvalue weighted by molar-refractivity contribution is 5.92. The topological polar surface area (TPSA) is 97.3 Å². The van der Waals surface area contributed by atoms with E-state index in [1.807, 2.05) is 6.07 Å². The highest BCUT2D eigenvalue weighted by atomic mass is 16.3. The van der Waals surface area contributed by atoms with Crippen LogP contribution in [0.15, 0.2) is 29.1 Å². The first kappa shape index (κ1) is 13.4. The Morgan fingerprint density at radius 3 is 2.86 bits per heavy atom. The minimum atomic E-state index is -0.497. The van der Waals surface area contributed by atoms with Gasteiger partial charge in [0.1, 0.15) is 30.0 Å². The van der Waals surface area contributed by atoms with Crippen molar-refractivity contribution in [3.63, 3.8) is 0 Å². The summed E-state index contributed by atoms with van der Waals surface area (Å²) in [6.45, 7) is 2.51. The second-order valence-corrected chi connectivity index (χ2v) is 4.98. The van der Waals surface area contributed by atoms with E-state index in [-0.39, 0.29) is 0 Å². The van der Waals surface area contributed by atoms with Gasteiger partial charge in [-0.15, -0.1) is 0 Å². The van der Waals surface area contributed by atoms with Gasteiger partial charge in [-0.25, -0.2) is 9.97 Å². The number of furan rings is 1. The van der Waals surface area contributed by atoms with Crippen LogP contribution in [0.2, 0.25) is 0 Å². The third-order valence-electron chi connectivity index (χ3n) is 3.46. The number of hydrogen-bond acceptors (Lipinski definition) is 6. The Hall–Kier alpha value is -2.57. The Labute approximate surface area is 122 Å². The summed E-state index contributed by atoms with van der Waals surface area (Å²) >= 11 is 0. The van der Waals surface area contributed by atoms with Gasteiger partial charge in [0, 0.05) is 19.2 Å². The molecule has 2 aromatic heterocycles. The molecule has 1 saturated heterocycles. The molecule has 0 spiro atoms. The van der Waals surface area contributed by atoms with Gasteiger partial charge in [0.25, 0.3) is 5.91 Å². The van der Waals surface area contributed by atoms with Gasteiger partial charge in [-0.1, -0.05) is 0 Å². The van der Waals surface area contributed by atoms with Crippen LogP contribution < -0.4 is 16.0 Å². The number of carbonyl (C=O) groups excluding carboxylic acids is 1. The van der Waals surface area contributed by atoms with Crippen LogP contribution in [0.25, 0.3) is 0 Å². The molecule has 0 aromatic carbocycles. The Bertz CT molecular complexity index is 634. The van der Waals surface area contributed by atoms with Crippen molar-refractivity contribution in [2.24, 2.45) is 5.73 Å². The molecule has 0 radical (unpaired) electrons. The van der Waals surface area contributed by atoms with Gasteiger partial charge in [0.05, 0.1) is 12.1 Å². The molecule has 0 aliphatic carbocycles. The summed E-state index contributed by atoms with van der Waals surface area (Å²) in [5.41, 5.74) is 5.55. The molecular formula is C14H17N5O2. The minimum Gasteiger partial charge on any atom is -0.467 e. The molecule has 0 bridgehead atoms. The molecule has 0 saturated carbocycles. The average Bonchev–Trinajstić information content (AvgIpc) is 3.17. The van der Waals surface area contributed by atoms with E-state index in [0.29, 0.717) is 17.9 Å². The fourth-order valence-corrected chi connectivity index (χ4v) is 2.34. The first-order valence-corrected chi connectivity index (χ1v) is 6.90. The van der Waals surface area contributed by atoms with Crippen LogP contribution in [0.4, 0.5) is 11.6 Å². The molecule has 1 fully saturated rings. The lowest BCUT2D eigenvalue weighted by Crippen LogP contribution is -2.19. The lowest BCUT2D eigenvalue weighted by Gasteiger charge is -2.16. The Morgan fingerprint density at radius 2 is 2.14 bits per heavy atom. The van der Waals surface area contributed by atoms with E-state index in [1.165, 1.54) is 19.1 Å². The van der Waals surface area contributed by atoms with Gasteiger partial charge >= 0.3 is 0 Å². The fourth-order valence-electron chi connectivity index (χ4n) is 2.34. The second-order valence-electron chi connectivity index (χ2n) is 4.98. The van der Waals surface area contributed by atoms with Crippen LogP contribution in [-0.2, 0) is 6.54 Å². The van der Waals surface area contributed by atoms with Gasteiger partial charge in [-0.05, 0) is 18.9 Å². The largest absolute Gasteiger partial charge is 0.467 e. The van der Waals surface area contributed by atoms with Gasteiger partial charge in [0.15, 0.2) is 0 Å². The molecule has 7 nitrogen and oxygen atoms in total. The highest BCUT2D eigenvalue weighted by Crippen LogP contribution is 2.19. The van der Waals surface area contributed by atoms with E-state index >= 15 is 0 Å². The lowest BCUT2D eigenvalue weighted by molar-refractivity contribution is 0.0999. The monoisotopic (exact) mass is 287 g/mol. The maximum absolute atomic E-state index is 11.0. The van der Waals surface area contributed by atoms with Crippen LogP contribution in [0.1, 0.15) is 29.0 Å². The highest BCUT2D eigenvalue weighted by Gasteiger charge is 2.14. The third-order valence-corrected chi connectivity index (χ3v) is 3.46. The van der Waals surface area contributed by atoms with Crippen LogP contribution in [0.5, 0.6) is 0 Å². The van der Waals surface area contributed by atoms with E-state index in [0.717, 1.165) is 24.7 Å². The summed E-state index contributed by atoms with van der Waals surface area (Å²) in [5.74, 6) is 1.79. The van der Waals surface area contributed by atoms with Crippen molar-refractivity contribution in [2.45, 2.75) is 19.4 Å². The molecule has 3 N–H and O–H groups in total. The summed E-state index contributed by atoms with van der Waals surface area (Å²) in [5, 5.41) is 3.15. The van der Waals surface area contributed by atoms with E-state index in [2.05, 4.69) is 20.2 Å². The quantitative estimate of drug-likeness (QED) is 0.862. The molecule has 1 aliphatic rings. The summed E-state index contributed by atoms with van der Waals surface area (Å²) in [6.07, 6.45) is 5.31. The SMILES string of the molecule is NC(=O)c1coc(CNc2cc(N3CCCC3)ncn2)c1. The number of primary amides is 1. The molecular weight excluding hydrogens is 270 g/mol. The smallest absolute Gasteiger partial charge is 0.251 e. The van der Waals surface area contributed by atoms with Crippen molar-refractivity contribution < 1.29 is 9.21 Å². The zero-order valence-corrected chi connectivity index (χ0v) is 11.6. The predicted molar refractivity (Wildman–Crippen MR) is 78.0 cm³/mol. The number of nitrogens with one attached hydrogen (secondary N) is 1. The zero-order chi connectivity index (χ0) is 14.7. The van der Waals surface area contributed by atoms with Crippen molar-refractivity contribution in [3.8, 4) is 0 Å². The Balaban J connectivity index is 1.64. The average molecular weight is 287 g/mol. The number of nitrogens with two attached hydrogens (primary N) is 1. The Morgan fingerprint density at radius 1 is 1.33 bits per heavy atom. The van der Waals surface area contributed by atoms with E-state index < -0.39 is 5.91 Å². The molecule has 3 rings (SSSR count). The summed E-state index contributed by atoms with van der Waals surface area (Å²) in [4.78, 5) is 21.7. The van der Waals surface area contributed by atoms with Crippen LogP contribution in [0.3, 0.4) is 0 Å². The molecule has 21 heavy (non-hydrogen) atoms. The second kappa shape index (κ2) is 5.82. The molecule has 0 atom stereocenters. The van der Waals surface area contributed by atoms with Crippen molar-refractivity contribution >= 4 is 17.5 Å². The number of carbonyl (C=O) groups is 1. The van der Waals surface area contributed by atoms with Crippen molar-refractivity contribution in [2.75, 3.05) is 23.3 Å². The predicted octanol–water partition coefficient (Wildman–Crippen LogP) is 1.38. The molecule has 110 valence electrons. The number of aromatic nitrogens is 2. The maximum atomic E-state index is 11.0. The first-order valence-electron chi connectivity index (χ1n) is 6.90. The lowest BCUT2D eigenvalue weighted by atomic mass is 10.3. The van der Waals surface area contributed by atoms with E-state index in [1.54, 1.807) is 12.4 Å². The van der Waals surface area contributed by atoms with E-state index in [9.17, 15) is 4.79 Å². The van der Waals surface area contributed by atoms with Crippen molar-refractivity contribution in [1.29, 1.82) is 0 Å². The molecule has 7 heteroatoms. The zero-order valence-electron chi connectivity index (χ0n) is 11.6.